The maximum atomic E-state index is 4.71. The van der Waals surface area contributed by atoms with Crippen LogP contribution < -0.4 is 10.6 Å². The summed E-state index contributed by atoms with van der Waals surface area (Å²) in [4.78, 5) is 12.0. The Hall–Kier alpha value is -1.14. The minimum atomic E-state index is 0.483. The van der Waals surface area contributed by atoms with Gasteiger partial charge in [0.1, 0.15) is 5.01 Å². The van der Waals surface area contributed by atoms with E-state index in [0.717, 1.165) is 24.1 Å². The first kappa shape index (κ1) is 19.2. The van der Waals surface area contributed by atoms with E-state index in [-0.39, 0.29) is 0 Å². The SMILES string of the molecule is CCNC(=NCc1nc(C(C)C)cs1)NCC(CC)N1CCCC1. The van der Waals surface area contributed by atoms with Crippen LogP contribution in [0.3, 0.4) is 0 Å². The van der Waals surface area contributed by atoms with Gasteiger partial charge in [-0.1, -0.05) is 20.8 Å². The highest BCUT2D eigenvalue weighted by Gasteiger charge is 2.20. The second kappa shape index (κ2) is 9.99. The lowest BCUT2D eigenvalue weighted by atomic mass is 10.2. The van der Waals surface area contributed by atoms with Gasteiger partial charge in [0.15, 0.2) is 5.96 Å². The Labute approximate surface area is 151 Å². The molecule has 1 aliphatic heterocycles. The topological polar surface area (TPSA) is 52.6 Å². The number of guanidine groups is 1. The Morgan fingerprint density at radius 2 is 2.04 bits per heavy atom. The van der Waals surface area contributed by atoms with Gasteiger partial charge < -0.3 is 10.6 Å². The lowest BCUT2D eigenvalue weighted by Crippen LogP contribution is -2.46. The van der Waals surface area contributed by atoms with Crippen LogP contribution in [0.25, 0.3) is 0 Å². The zero-order chi connectivity index (χ0) is 17.4. The third-order valence-corrected chi connectivity index (χ3v) is 5.36. The number of thiazole rings is 1. The lowest BCUT2D eigenvalue weighted by molar-refractivity contribution is 0.236. The van der Waals surface area contributed by atoms with E-state index in [0.29, 0.717) is 18.5 Å². The molecule has 0 aromatic carbocycles. The fraction of sp³-hybridized carbons (Fsp3) is 0.778. The highest BCUT2D eigenvalue weighted by atomic mass is 32.1. The third kappa shape index (κ3) is 5.74. The number of likely N-dealkylation sites (tertiary alicyclic amines) is 1. The molecular weight excluding hydrogens is 318 g/mol. The van der Waals surface area contributed by atoms with Gasteiger partial charge in [0, 0.05) is 24.5 Å². The zero-order valence-corrected chi connectivity index (χ0v) is 16.5. The number of aliphatic imine (C=N–C) groups is 1. The van der Waals surface area contributed by atoms with Gasteiger partial charge in [0.25, 0.3) is 0 Å². The maximum Gasteiger partial charge on any atom is 0.191 e. The van der Waals surface area contributed by atoms with Gasteiger partial charge in [-0.2, -0.15) is 0 Å². The van der Waals surface area contributed by atoms with E-state index in [1.165, 1.54) is 38.0 Å². The van der Waals surface area contributed by atoms with E-state index in [2.05, 4.69) is 53.6 Å². The number of hydrogen-bond donors (Lipinski definition) is 2. The molecule has 1 unspecified atom stereocenters. The van der Waals surface area contributed by atoms with Crippen LogP contribution in [-0.2, 0) is 6.54 Å². The molecule has 24 heavy (non-hydrogen) atoms. The Morgan fingerprint density at radius 3 is 2.62 bits per heavy atom. The Balaban J connectivity index is 1.89. The molecule has 0 amide bonds. The van der Waals surface area contributed by atoms with E-state index in [1.807, 2.05) is 0 Å². The predicted octanol–water partition coefficient (Wildman–Crippen LogP) is 3.20. The number of rotatable bonds is 8. The van der Waals surface area contributed by atoms with Gasteiger partial charge in [-0.05, 0) is 45.2 Å². The first-order valence-electron chi connectivity index (χ1n) is 9.34. The maximum absolute atomic E-state index is 4.71. The Kier molecular flexibility index (Phi) is 7.99. The summed E-state index contributed by atoms with van der Waals surface area (Å²) in [5.74, 6) is 1.38. The van der Waals surface area contributed by atoms with Crippen molar-refractivity contribution in [1.82, 2.24) is 20.5 Å². The van der Waals surface area contributed by atoms with Crippen molar-refractivity contribution in [2.75, 3.05) is 26.2 Å². The van der Waals surface area contributed by atoms with Crippen molar-refractivity contribution >= 4 is 17.3 Å². The predicted molar refractivity (Wildman–Crippen MR) is 104 cm³/mol. The van der Waals surface area contributed by atoms with Crippen LogP contribution in [0.5, 0.6) is 0 Å². The van der Waals surface area contributed by atoms with Gasteiger partial charge in [0.05, 0.1) is 12.2 Å². The summed E-state index contributed by atoms with van der Waals surface area (Å²) in [7, 11) is 0. The summed E-state index contributed by atoms with van der Waals surface area (Å²) in [6.07, 6.45) is 3.86. The number of hydrogen-bond acceptors (Lipinski definition) is 4. The number of nitrogens with zero attached hydrogens (tertiary/aromatic N) is 3. The van der Waals surface area contributed by atoms with Crippen LogP contribution in [0, 0.1) is 0 Å². The van der Waals surface area contributed by atoms with Gasteiger partial charge in [-0.25, -0.2) is 9.98 Å². The van der Waals surface area contributed by atoms with Crippen molar-refractivity contribution in [3.05, 3.63) is 16.1 Å². The summed E-state index contributed by atoms with van der Waals surface area (Å²) < 4.78 is 0. The molecule has 136 valence electrons. The fourth-order valence-corrected chi connectivity index (χ4v) is 3.88. The molecule has 6 heteroatoms. The lowest BCUT2D eigenvalue weighted by Gasteiger charge is -2.27. The van der Waals surface area contributed by atoms with Crippen molar-refractivity contribution in [2.24, 2.45) is 4.99 Å². The summed E-state index contributed by atoms with van der Waals surface area (Å²) >= 11 is 1.71. The molecule has 1 saturated heterocycles. The molecule has 0 radical (unpaired) electrons. The van der Waals surface area contributed by atoms with Crippen molar-refractivity contribution in [2.45, 2.75) is 65.5 Å². The van der Waals surface area contributed by atoms with Crippen LogP contribution in [0.1, 0.15) is 63.6 Å². The molecule has 0 bridgehead atoms. The minimum Gasteiger partial charge on any atom is -0.357 e. The highest BCUT2D eigenvalue weighted by Crippen LogP contribution is 2.18. The number of aromatic nitrogens is 1. The van der Waals surface area contributed by atoms with E-state index in [1.54, 1.807) is 11.3 Å². The average molecular weight is 352 g/mol. The molecule has 0 spiro atoms. The molecule has 0 aliphatic carbocycles. The van der Waals surface area contributed by atoms with Crippen LogP contribution in [0.2, 0.25) is 0 Å². The van der Waals surface area contributed by atoms with Gasteiger partial charge in [-0.15, -0.1) is 11.3 Å². The van der Waals surface area contributed by atoms with E-state index in [4.69, 9.17) is 4.99 Å². The average Bonchev–Trinajstić information content (AvgIpc) is 3.25. The standard InChI is InChI=1S/C18H33N5S/c1-5-15(23-9-7-8-10-23)11-20-18(19-6-2)21-12-17-22-16(13-24-17)14(3)4/h13-15H,5-12H2,1-4H3,(H2,19,20,21). The molecular formula is C18H33N5S. The second-order valence-electron chi connectivity index (χ2n) is 6.70. The molecule has 2 rings (SSSR count). The molecule has 1 aliphatic rings. The van der Waals surface area contributed by atoms with Gasteiger partial charge >= 0.3 is 0 Å². The van der Waals surface area contributed by atoms with Crippen LogP contribution in [0.4, 0.5) is 0 Å². The summed E-state index contributed by atoms with van der Waals surface area (Å²) in [6, 6.07) is 0.601. The molecule has 1 aromatic heterocycles. The highest BCUT2D eigenvalue weighted by molar-refractivity contribution is 7.09. The van der Waals surface area contributed by atoms with E-state index in [9.17, 15) is 0 Å². The molecule has 0 saturated carbocycles. The quantitative estimate of drug-likeness (QED) is 0.558. The first-order valence-corrected chi connectivity index (χ1v) is 10.2. The van der Waals surface area contributed by atoms with Crippen molar-refractivity contribution in [3.8, 4) is 0 Å². The zero-order valence-electron chi connectivity index (χ0n) is 15.6. The normalized spacial score (nSPS) is 17.5. The summed E-state index contributed by atoms with van der Waals surface area (Å²) in [6.45, 7) is 13.7. The molecule has 5 nitrogen and oxygen atoms in total. The molecule has 1 aromatic rings. The van der Waals surface area contributed by atoms with Crippen molar-refractivity contribution in [1.29, 1.82) is 0 Å². The van der Waals surface area contributed by atoms with Gasteiger partial charge in [0.2, 0.25) is 0 Å². The summed E-state index contributed by atoms with van der Waals surface area (Å²) in [5, 5.41) is 10.1. The number of nitrogens with one attached hydrogen (secondary N) is 2. The van der Waals surface area contributed by atoms with E-state index >= 15 is 0 Å². The van der Waals surface area contributed by atoms with Crippen molar-refractivity contribution in [3.63, 3.8) is 0 Å². The van der Waals surface area contributed by atoms with E-state index < -0.39 is 0 Å². The second-order valence-corrected chi connectivity index (χ2v) is 7.64. The van der Waals surface area contributed by atoms with Crippen LogP contribution in [-0.4, -0.2) is 48.1 Å². The van der Waals surface area contributed by atoms with Crippen molar-refractivity contribution < 1.29 is 0 Å². The van der Waals surface area contributed by atoms with Gasteiger partial charge in [-0.3, -0.25) is 4.90 Å². The molecule has 1 fully saturated rings. The molecule has 2 heterocycles. The third-order valence-electron chi connectivity index (χ3n) is 4.51. The molecule has 2 N–H and O–H groups in total. The largest absolute Gasteiger partial charge is 0.357 e. The van der Waals surface area contributed by atoms with Crippen LogP contribution >= 0.6 is 11.3 Å². The Morgan fingerprint density at radius 1 is 1.29 bits per heavy atom. The summed E-state index contributed by atoms with van der Waals surface area (Å²) in [5.41, 5.74) is 1.17. The first-order chi connectivity index (χ1) is 11.6. The van der Waals surface area contributed by atoms with Crippen LogP contribution in [0.15, 0.2) is 10.4 Å². The molecule has 1 atom stereocenters. The Bertz CT molecular complexity index is 505. The monoisotopic (exact) mass is 351 g/mol. The fourth-order valence-electron chi connectivity index (χ4n) is 3.00. The smallest absolute Gasteiger partial charge is 0.191 e. The minimum absolute atomic E-state index is 0.483.